The number of nitrogens with zero attached hydrogens (tertiary/aromatic N) is 2. The maximum atomic E-state index is 13.2. The normalized spacial score (nSPS) is 25.8. The first-order chi connectivity index (χ1) is 13.6. The second-order valence-corrected chi connectivity index (χ2v) is 10.8. The Morgan fingerprint density at radius 1 is 1.10 bits per heavy atom. The van der Waals surface area contributed by atoms with Crippen LogP contribution in [0.5, 0.6) is 0 Å². The number of carbonyl (C=O) groups excluding carboxylic acids is 1. The number of piperidine rings is 1. The number of likely N-dealkylation sites (tertiary alicyclic amines) is 1. The molecular weight excluding hydrogens is 386 g/mol. The fourth-order valence-electron chi connectivity index (χ4n) is 4.93. The molecule has 3 rings (SSSR count). The number of quaternary nitrogens is 1. The minimum absolute atomic E-state index is 0.135. The van der Waals surface area contributed by atoms with Crippen LogP contribution in [0.15, 0.2) is 23.1 Å². The lowest BCUT2D eigenvalue weighted by atomic mass is 9.96. The van der Waals surface area contributed by atoms with Gasteiger partial charge in [-0.2, -0.15) is 4.31 Å². The van der Waals surface area contributed by atoms with Gasteiger partial charge in [-0.25, -0.2) is 8.42 Å². The molecule has 2 saturated heterocycles. The number of aryl methyl sites for hydroxylation is 2. The molecule has 3 atom stereocenters. The molecule has 0 aliphatic carbocycles. The highest BCUT2D eigenvalue weighted by Gasteiger charge is 2.39. The van der Waals surface area contributed by atoms with Gasteiger partial charge in [0.1, 0.15) is 0 Å². The van der Waals surface area contributed by atoms with Crippen molar-refractivity contribution in [3.8, 4) is 0 Å². The Bertz CT molecular complexity index is 837. The van der Waals surface area contributed by atoms with Crippen LogP contribution < -0.4 is 4.90 Å². The Hall–Kier alpha value is -1.44. The third-order valence-electron chi connectivity index (χ3n) is 6.74. The molecule has 0 saturated carbocycles. The molecular formula is C22H36N3O3S+. The first kappa shape index (κ1) is 22.2. The molecule has 1 amide bonds. The molecule has 0 aromatic heterocycles. The average molecular weight is 423 g/mol. The van der Waals surface area contributed by atoms with Gasteiger partial charge in [-0.1, -0.05) is 17.7 Å². The Morgan fingerprint density at radius 3 is 2.24 bits per heavy atom. The van der Waals surface area contributed by atoms with E-state index in [1.54, 1.807) is 10.4 Å². The second kappa shape index (κ2) is 8.74. The van der Waals surface area contributed by atoms with Crippen molar-refractivity contribution in [2.24, 2.45) is 0 Å². The molecule has 162 valence electrons. The van der Waals surface area contributed by atoms with E-state index < -0.39 is 10.0 Å². The monoisotopic (exact) mass is 422 g/mol. The predicted molar refractivity (Wildman–Crippen MR) is 114 cm³/mol. The number of hydrogen-bond donors (Lipinski definition) is 1. The zero-order valence-corrected chi connectivity index (χ0v) is 19.3. The van der Waals surface area contributed by atoms with Gasteiger partial charge in [-0.3, -0.25) is 4.79 Å². The highest BCUT2D eigenvalue weighted by molar-refractivity contribution is 7.89. The summed E-state index contributed by atoms with van der Waals surface area (Å²) in [7, 11) is -3.49. The van der Waals surface area contributed by atoms with Gasteiger partial charge in [-0.05, 0) is 65.5 Å². The van der Waals surface area contributed by atoms with Crippen LogP contribution in [0.25, 0.3) is 0 Å². The topological polar surface area (TPSA) is 62.1 Å². The van der Waals surface area contributed by atoms with Gasteiger partial charge in [-0.15, -0.1) is 0 Å². The largest absolute Gasteiger partial charge is 0.332 e. The van der Waals surface area contributed by atoms with Gasteiger partial charge in [0.25, 0.3) is 5.91 Å². The van der Waals surface area contributed by atoms with Crippen LogP contribution >= 0.6 is 0 Å². The first-order valence-electron chi connectivity index (χ1n) is 10.9. The second-order valence-electron chi connectivity index (χ2n) is 8.93. The van der Waals surface area contributed by atoms with E-state index in [1.165, 1.54) is 11.3 Å². The molecule has 2 fully saturated rings. The van der Waals surface area contributed by atoms with Crippen LogP contribution in [-0.4, -0.2) is 67.8 Å². The van der Waals surface area contributed by atoms with Crippen molar-refractivity contribution >= 4 is 15.9 Å². The summed E-state index contributed by atoms with van der Waals surface area (Å²) in [6, 6.07) is 5.92. The molecule has 2 aliphatic heterocycles. The third kappa shape index (κ3) is 4.52. The summed E-state index contributed by atoms with van der Waals surface area (Å²) in [5.41, 5.74) is 1.85. The summed E-state index contributed by atoms with van der Waals surface area (Å²) in [5.74, 6) is 0.213. The third-order valence-corrected chi connectivity index (χ3v) is 8.80. The summed E-state index contributed by atoms with van der Waals surface area (Å²) in [5, 5.41) is 0. The Balaban J connectivity index is 1.66. The molecule has 2 aliphatic rings. The van der Waals surface area contributed by atoms with Crippen molar-refractivity contribution in [1.29, 1.82) is 0 Å². The SMILES string of the molecule is Cc1ccc(S(=O)(=O)N2CC[NH+]([C@@H](C)C(=O)N3[C@H](C)CCC[C@@H]3C)CC2)c(C)c1. The van der Waals surface area contributed by atoms with Crippen LogP contribution in [0.2, 0.25) is 0 Å². The number of rotatable bonds is 4. The van der Waals surface area contributed by atoms with E-state index in [2.05, 4.69) is 18.7 Å². The average Bonchev–Trinajstić information content (AvgIpc) is 2.67. The maximum Gasteiger partial charge on any atom is 0.281 e. The lowest BCUT2D eigenvalue weighted by Crippen LogP contribution is -3.19. The molecule has 0 spiro atoms. The van der Waals surface area contributed by atoms with Crippen molar-refractivity contribution in [2.45, 2.75) is 76.9 Å². The Kier molecular flexibility index (Phi) is 6.70. The number of hydrogen-bond acceptors (Lipinski definition) is 3. The van der Waals surface area contributed by atoms with Crippen molar-refractivity contribution in [3.63, 3.8) is 0 Å². The van der Waals surface area contributed by atoms with Gasteiger partial charge in [0.2, 0.25) is 10.0 Å². The maximum absolute atomic E-state index is 13.2. The number of piperazine rings is 1. The van der Waals surface area contributed by atoms with Crippen molar-refractivity contribution < 1.29 is 18.1 Å². The van der Waals surface area contributed by atoms with E-state index in [-0.39, 0.29) is 11.9 Å². The van der Waals surface area contributed by atoms with E-state index in [0.717, 1.165) is 24.0 Å². The molecule has 1 aromatic carbocycles. The first-order valence-corrected chi connectivity index (χ1v) is 12.3. The van der Waals surface area contributed by atoms with Crippen molar-refractivity contribution in [3.05, 3.63) is 29.3 Å². The summed E-state index contributed by atoms with van der Waals surface area (Å²) in [6.45, 7) is 12.3. The number of carbonyl (C=O) groups is 1. The zero-order valence-electron chi connectivity index (χ0n) is 18.4. The Labute approximate surface area is 175 Å². The Morgan fingerprint density at radius 2 is 1.69 bits per heavy atom. The van der Waals surface area contributed by atoms with E-state index in [4.69, 9.17) is 0 Å². The standard InChI is InChI=1S/C22H35N3O3S/c1-16-9-10-21(17(2)15-16)29(27,28)24-13-11-23(12-14-24)20(5)22(26)25-18(3)7-6-8-19(25)4/h9-10,15,18-20H,6-8,11-14H2,1-5H3/p+1/t18-,19+,20-/m0/s1. The van der Waals surface area contributed by atoms with E-state index in [1.807, 2.05) is 32.9 Å². The highest BCUT2D eigenvalue weighted by Crippen LogP contribution is 2.23. The molecule has 0 unspecified atom stereocenters. The van der Waals surface area contributed by atoms with Crippen LogP contribution in [0.3, 0.4) is 0 Å². The van der Waals surface area contributed by atoms with E-state index in [0.29, 0.717) is 43.2 Å². The minimum Gasteiger partial charge on any atom is -0.332 e. The molecule has 1 aromatic rings. The molecule has 0 bridgehead atoms. The molecule has 2 heterocycles. The van der Waals surface area contributed by atoms with Crippen molar-refractivity contribution in [2.75, 3.05) is 26.2 Å². The lowest BCUT2D eigenvalue weighted by Gasteiger charge is -2.42. The van der Waals surface area contributed by atoms with Crippen LogP contribution in [0.4, 0.5) is 0 Å². The van der Waals surface area contributed by atoms with Crippen molar-refractivity contribution in [1.82, 2.24) is 9.21 Å². The number of nitrogens with one attached hydrogen (secondary N) is 1. The van der Waals surface area contributed by atoms with Crippen LogP contribution in [0.1, 0.15) is 51.2 Å². The number of sulfonamides is 1. The summed E-state index contributed by atoms with van der Waals surface area (Å²) >= 11 is 0. The zero-order chi connectivity index (χ0) is 21.3. The van der Waals surface area contributed by atoms with Gasteiger partial charge >= 0.3 is 0 Å². The fraction of sp³-hybridized carbons (Fsp3) is 0.682. The molecule has 1 N–H and O–H groups in total. The quantitative estimate of drug-likeness (QED) is 0.797. The van der Waals surface area contributed by atoms with Gasteiger partial charge in [0.15, 0.2) is 6.04 Å². The number of benzene rings is 1. The van der Waals surface area contributed by atoms with E-state index in [9.17, 15) is 13.2 Å². The smallest absolute Gasteiger partial charge is 0.281 e. The summed E-state index contributed by atoms with van der Waals surface area (Å²) in [4.78, 5) is 16.8. The minimum atomic E-state index is -3.49. The van der Waals surface area contributed by atoms with Crippen LogP contribution in [0, 0.1) is 13.8 Å². The summed E-state index contributed by atoms with van der Waals surface area (Å²) in [6.07, 6.45) is 3.32. The predicted octanol–water partition coefficient (Wildman–Crippen LogP) is 1.37. The molecule has 29 heavy (non-hydrogen) atoms. The van der Waals surface area contributed by atoms with E-state index >= 15 is 0 Å². The number of amides is 1. The lowest BCUT2D eigenvalue weighted by molar-refractivity contribution is -0.918. The molecule has 0 radical (unpaired) electrons. The summed E-state index contributed by atoms with van der Waals surface area (Å²) < 4.78 is 27.8. The van der Waals surface area contributed by atoms with Crippen LogP contribution in [-0.2, 0) is 14.8 Å². The van der Waals surface area contributed by atoms with Gasteiger partial charge in [0, 0.05) is 12.1 Å². The fourth-order valence-corrected chi connectivity index (χ4v) is 6.58. The molecule has 6 nitrogen and oxygen atoms in total. The highest BCUT2D eigenvalue weighted by atomic mass is 32.2. The van der Waals surface area contributed by atoms with Gasteiger partial charge < -0.3 is 9.80 Å². The van der Waals surface area contributed by atoms with Gasteiger partial charge in [0.05, 0.1) is 31.1 Å². The molecule has 7 heteroatoms.